The topological polar surface area (TPSA) is 52.6 Å². The average Bonchev–Trinajstić information content (AvgIpc) is 3.27. The maximum Gasteiger partial charge on any atom is 0.330 e. The third-order valence-electron chi connectivity index (χ3n) is 4.60. The fourth-order valence-corrected chi connectivity index (χ4v) is 3.55. The predicted octanol–water partition coefficient (Wildman–Crippen LogP) is 4.92. The fraction of sp³-hybridized carbons (Fsp3) is 0.217. The molecule has 0 bridgehead atoms. The van der Waals surface area contributed by atoms with Crippen molar-refractivity contribution < 1.29 is 19.1 Å². The van der Waals surface area contributed by atoms with E-state index in [9.17, 15) is 9.59 Å². The highest BCUT2D eigenvalue weighted by Crippen LogP contribution is 2.59. The van der Waals surface area contributed by atoms with Crippen LogP contribution in [-0.2, 0) is 19.1 Å². The van der Waals surface area contributed by atoms with E-state index in [1.54, 1.807) is 12.2 Å². The van der Waals surface area contributed by atoms with E-state index < -0.39 is 16.3 Å². The molecule has 3 rings (SSSR count). The Labute approximate surface area is 179 Å². The number of rotatable bonds is 8. The Morgan fingerprint density at radius 1 is 0.759 bits per heavy atom. The Morgan fingerprint density at radius 2 is 1.14 bits per heavy atom. The second-order valence-electron chi connectivity index (χ2n) is 6.64. The van der Waals surface area contributed by atoms with Crippen LogP contribution in [0, 0.1) is 11.8 Å². The molecule has 0 aromatic heterocycles. The number of halogens is 2. The number of esters is 2. The van der Waals surface area contributed by atoms with Crippen LogP contribution in [0.15, 0.2) is 72.8 Å². The minimum Gasteiger partial charge on any atom is -0.462 e. The first kappa shape index (κ1) is 21.2. The van der Waals surface area contributed by atoms with Gasteiger partial charge in [-0.25, -0.2) is 9.59 Å². The zero-order chi connectivity index (χ0) is 20.7. The molecular weight excluding hydrogens is 411 g/mol. The standard InChI is InChI=1S/C23H20Cl2O4/c24-23(25)19(15-28-21(26)13-11-17-7-3-1-4-8-17)20(23)16-29-22(27)14-12-18-9-5-2-6-10-18/h1-14,19-20H,15-16H2/b13-11+,14-12+/t19-,20-/m0/s1. The molecule has 0 aliphatic heterocycles. The molecule has 2 aromatic rings. The lowest BCUT2D eigenvalue weighted by atomic mass is 10.2. The third kappa shape index (κ3) is 6.21. The summed E-state index contributed by atoms with van der Waals surface area (Å²) in [4.78, 5) is 23.7. The van der Waals surface area contributed by atoms with Crippen molar-refractivity contribution in [2.24, 2.45) is 11.8 Å². The molecule has 0 spiro atoms. The van der Waals surface area contributed by atoms with Crippen LogP contribution in [0.4, 0.5) is 0 Å². The second-order valence-corrected chi connectivity index (χ2v) is 8.08. The zero-order valence-corrected chi connectivity index (χ0v) is 17.1. The van der Waals surface area contributed by atoms with E-state index in [1.165, 1.54) is 12.2 Å². The summed E-state index contributed by atoms with van der Waals surface area (Å²) in [5, 5.41) is 0. The normalized spacial score (nSPS) is 19.9. The minimum atomic E-state index is -1.08. The Bertz CT molecular complexity index is 818. The van der Waals surface area contributed by atoms with Crippen LogP contribution in [0.5, 0.6) is 0 Å². The van der Waals surface area contributed by atoms with Crippen molar-refractivity contribution in [2.75, 3.05) is 13.2 Å². The van der Waals surface area contributed by atoms with Gasteiger partial charge in [-0.15, -0.1) is 23.2 Å². The molecule has 1 saturated carbocycles. The highest BCUT2D eigenvalue weighted by atomic mass is 35.5. The van der Waals surface area contributed by atoms with Gasteiger partial charge in [-0.1, -0.05) is 60.7 Å². The molecule has 1 aliphatic carbocycles. The third-order valence-corrected chi connectivity index (χ3v) is 5.72. The van der Waals surface area contributed by atoms with E-state index in [0.29, 0.717) is 0 Å². The average molecular weight is 431 g/mol. The smallest absolute Gasteiger partial charge is 0.330 e. The van der Waals surface area contributed by atoms with Gasteiger partial charge in [0, 0.05) is 24.0 Å². The first-order valence-electron chi connectivity index (χ1n) is 9.14. The van der Waals surface area contributed by atoms with Gasteiger partial charge >= 0.3 is 11.9 Å². The van der Waals surface area contributed by atoms with Gasteiger partial charge < -0.3 is 9.47 Å². The number of alkyl halides is 2. The van der Waals surface area contributed by atoms with Gasteiger partial charge in [0.2, 0.25) is 0 Å². The molecule has 0 unspecified atom stereocenters. The Morgan fingerprint density at radius 3 is 1.52 bits per heavy atom. The van der Waals surface area contributed by atoms with E-state index in [0.717, 1.165) is 11.1 Å². The van der Waals surface area contributed by atoms with Crippen molar-refractivity contribution >= 4 is 47.3 Å². The highest BCUT2D eigenvalue weighted by Gasteiger charge is 2.64. The number of carbonyl (C=O) groups excluding carboxylic acids is 2. The van der Waals surface area contributed by atoms with E-state index in [-0.39, 0.29) is 25.0 Å². The minimum absolute atomic E-state index is 0.0625. The fourth-order valence-electron chi connectivity index (χ4n) is 2.81. The second kappa shape index (κ2) is 9.77. The SMILES string of the molecule is O=C(/C=C/c1ccccc1)OC[C@H]1[C@H](COC(=O)/C=C/c2ccccc2)C1(Cl)Cl. The monoisotopic (exact) mass is 430 g/mol. The Balaban J connectivity index is 1.41. The van der Waals surface area contributed by atoms with E-state index in [4.69, 9.17) is 32.7 Å². The van der Waals surface area contributed by atoms with Gasteiger partial charge in [-0.3, -0.25) is 0 Å². The number of hydrogen-bond acceptors (Lipinski definition) is 4. The van der Waals surface area contributed by atoms with Gasteiger partial charge in [0.1, 0.15) is 4.33 Å². The number of carbonyl (C=O) groups is 2. The van der Waals surface area contributed by atoms with Gasteiger partial charge in [-0.2, -0.15) is 0 Å². The van der Waals surface area contributed by atoms with Gasteiger partial charge in [-0.05, 0) is 23.3 Å². The van der Waals surface area contributed by atoms with Gasteiger partial charge in [0.05, 0.1) is 13.2 Å². The first-order valence-corrected chi connectivity index (χ1v) is 9.90. The van der Waals surface area contributed by atoms with Crippen molar-refractivity contribution in [3.05, 3.63) is 83.9 Å². The summed E-state index contributed by atoms with van der Waals surface area (Å²) in [5.41, 5.74) is 1.79. The predicted molar refractivity (Wildman–Crippen MR) is 114 cm³/mol. The summed E-state index contributed by atoms with van der Waals surface area (Å²) in [5.74, 6) is -1.53. The number of hydrogen-bond donors (Lipinski definition) is 0. The summed E-state index contributed by atoms with van der Waals surface area (Å²) in [6, 6.07) is 18.8. The van der Waals surface area contributed by atoms with Crippen LogP contribution in [0.2, 0.25) is 0 Å². The molecular formula is C23H20Cl2O4. The van der Waals surface area contributed by atoms with Crippen LogP contribution in [0.3, 0.4) is 0 Å². The molecule has 29 heavy (non-hydrogen) atoms. The lowest BCUT2D eigenvalue weighted by molar-refractivity contribution is -0.140. The van der Waals surface area contributed by atoms with Crippen molar-refractivity contribution in [1.82, 2.24) is 0 Å². The van der Waals surface area contributed by atoms with E-state index in [2.05, 4.69) is 0 Å². The molecule has 0 saturated heterocycles. The Hall–Kier alpha value is -2.56. The van der Waals surface area contributed by atoms with Crippen molar-refractivity contribution in [1.29, 1.82) is 0 Å². The summed E-state index contributed by atoms with van der Waals surface area (Å²) in [6.07, 6.45) is 6.04. The van der Waals surface area contributed by atoms with E-state index in [1.807, 2.05) is 60.7 Å². The molecule has 6 heteroatoms. The first-order chi connectivity index (χ1) is 14.0. The summed E-state index contributed by atoms with van der Waals surface area (Å²) >= 11 is 12.5. The van der Waals surface area contributed by atoms with Crippen LogP contribution >= 0.6 is 23.2 Å². The van der Waals surface area contributed by atoms with Crippen LogP contribution < -0.4 is 0 Å². The van der Waals surface area contributed by atoms with Crippen LogP contribution in [-0.4, -0.2) is 29.5 Å². The molecule has 0 amide bonds. The van der Waals surface area contributed by atoms with Gasteiger partial charge in [0.25, 0.3) is 0 Å². The Kier molecular flexibility index (Phi) is 7.13. The molecule has 150 valence electrons. The molecule has 1 aliphatic rings. The summed E-state index contributed by atoms with van der Waals surface area (Å²) in [7, 11) is 0. The lowest BCUT2D eigenvalue weighted by Crippen LogP contribution is -2.08. The molecule has 2 aromatic carbocycles. The molecule has 1 fully saturated rings. The number of benzene rings is 2. The largest absolute Gasteiger partial charge is 0.462 e. The number of ether oxygens (including phenoxy) is 2. The van der Waals surface area contributed by atoms with Crippen molar-refractivity contribution in [2.45, 2.75) is 4.33 Å². The van der Waals surface area contributed by atoms with Crippen molar-refractivity contribution in [3.63, 3.8) is 0 Å². The van der Waals surface area contributed by atoms with Gasteiger partial charge in [0.15, 0.2) is 0 Å². The molecule has 2 atom stereocenters. The van der Waals surface area contributed by atoms with Crippen LogP contribution in [0.25, 0.3) is 12.2 Å². The maximum absolute atomic E-state index is 11.9. The van der Waals surface area contributed by atoms with Crippen LogP contribution in [0.1, 0.15) is 11.1 Å². The summed E-state index contributed by atoms with van der Waals surface area (Å²) in [6.45, 7) is 0.125. The maximum atomic E-state index is 11.9. The zero-order valence-electron chi connectivity index (χ0n) is 15.5. The molecule has 0 radical (unpaired) electrons. The molecule has 0 heterocycles. The lowest BCUT2D eigenvalue weighted by Gasteiger charge is -2.02. The summed E-state index contributed by atoms with van der Waals surface area (Å²) < 4.78 is 9.36. The molecule has 4 nitrogen and oxygen atoms in total. The van der Waals surface area contributed by atoms with Crippen molar-refractivity contribution in [3.8, 4) is 0 Å². The highest BCUT2D eigenvalue weighted by molar-refractivity contribution is 6.51. The molecule has 0 N–H and O–H groups in total. The van der Waals surface area contributed by atoms with E-state index >= 15 is 0 Å². The quantitative estimate of drug-likeness (QED) is 0.338.